The van der Waals surface area contributed by atoms with Crippen molar-refractivity contribution in [3.8, 4) is 18.1 Å². The van der Waals surface area contributed by atoms with Crippen molar-refractivity contribution in [3.63, 3.8) is 0 Å². The minimum atomic E-state index is -0.451. The van der Waals surface area contributed by atoms with E-state index < -0.39 is 4.92 Å². The molecule has 3 aromatic rings. The van der Waals surface area contributed by atoms with E-state index in [-0.39, 0.29) is 5.69 Å². The number of nitro benzene ring substituents is 1. The Kier molecular flexibility index (Phi) is 6.26. The van der Waals surface area contributed by atoms with Crippen molar-refractivity contribution in [1.82, 2.24) is 9.97 Å². The molecule has 0 aliphatic rings. The molecule has 0 amide bonds. The van der Waals surface area contributed by atoms with Crippen LogP contribution in [0.2, 0.25) is 0 Å². The van der Waals surface area contributed by atoms with Crippen molar-refractivity contribution >= 4 is 39.9 Å². The largest absolute Gasteiger partial charge is 0.492 e. The minimum Gasteiger partial charge on any atom is -0.492 e. The number of hydrogen-bond acceptors (Lipinski definition) is 8. The monoisotopic (exact) mass is 395 g/mol. The van der Waals surface area contributed by atoms with Crippen LogP contribution in [0, 0.1) is 22.5 Å². The van der Waals surface area contributed by atoms with Gasteiger partial charge >= 0.3 is 0 Å². The van der Waals surface area contributed by atoms with E-state index in [2.05, 4.69) is 21.2 Å². The number of hydrogen-bond donors (Lipinski definition) is 2. The molecule has 9 heteroatoms. The van der Waals surface area contributed by atoms with Crippen LogP contribution in [0.5, 0.6) is 5.75 Å². The van der Waals surface area contributed by atoms with Gasteiger partial charge in [-0.3, -0.25) is 10.1 Å². The molecule has 0 spiro atoms. The number of thioether (sulfide) groups is 1. The number of non-ortho nitro benzene ring substituents is 1. The van der Waals surface area contributed by atoms with Gasteiger partial charge < -0.3 is 15.8 Å². The summed E-state index contributed by atoms with van der Waals surface area (Å²) in [6.07, 6.45) is 5.32. The lowest BCUT2D eigenvalue weighted by Crippen LogP contribution is -2.10. The minimum absolute atomic E-state index is 0.0336. The first-order valence-electron chi connectivity index (χ1n) is 8.33. The molecule has 8 nitrogen and oxygen atoms in total. The molecule has 142 valence electrons. The fraction of sp³-hybridized carbons (Fsp3) is 0.158. The molecule has 0 saturated carbocycles. The van der Waals surface area contributed by atoms with Gasteiger partial charge in [0.1, 0.15) is 18.2 Å². The second-order valence-corrected chi connectivity index (χ2v) is 6.54. The van der Waals surface area contributed by atoms with E-state index >= 15 is 0 Å². The second-order valence-electron chi connectivity index (χ2n) is 5.59. The zero-order valence-electron chi connectivity index (χ0n) is 14.8. The quantitative estimate of drug-likeness (QED) is 0.196. The molecule has 1 heterocycles. The van der Waals surface area contributed by atoms with Crippen molar-refractivity contribution in [1.29, 1.82) is 0 Å². The number of benzene rings is 2. The van der Waals surface area contributed by atoms with Crippen LogP contribution in [0.15, 0.2) is 47.6 Å². The number of aromatic nitrogens is 2. The van der Waals surface area contributed by atoms with Crippen LogP contribution in [0.3, 0.4) is 0 Å². The molecule has 0 unspecified atom stereocenters. The molecular weight excluding hydrogens is 378 g/mol. The van der Waals surface area contributed by atoms with Gasteiger partial charge in [-0.1, -0.05) is 17.7 Å². The van der Waals surface area contributed by atoms with E-state index in [9.17, 15) is 10.1 Å². The summed E-state index contributed by atoms with van der Waals surface area (Å²) in [6, 6.07) is 11.7. The Morgan fingerprint density at radius 1 is 1.25 bits per heavy atom. The Balaban J connectivity index is 1.97. The zero-order chi connectivity index (χ0) is 19.9. The van der Waals surface area contributed by atoms with Gasteiger partial charge in [-0.05, 0) is 30.3 Å². The molecule has 0 bridgehead atoms. The van der Waals surface area contributed by atoms with Gasteiger partial charge in [0.25, 0.3) is 5.69 Å². The summed E-state index contributed by atoms with van der Waals surface area (Å²) < 4.78 is 5.46. The Bertz CT molecular complexity index is 1030. The number of fused-ring (bicyclic) bond motifs is 1. The van der Waals surface area contributed by atoms with Gasteiger partial charge in [-0.2, -0.15) is 0 Å². The van der Waals surface area contributed by atoms with Gasteiger partial charge in [-0.25, -0.2) is 9.97 Å². The van der Waals surface area contributed by atoms with Crippen molar-refractivity contribution in [2.45, 2.75) is 5.16 Å². The maximum absolute atomic E-state index is 11.1. The third-order valence-corrected chi connectivity index (χ3v) is 4.41. The molecular formula is C19H17N5O3S. The number of terminal acetylenes is 1. The highest BCUT2D eigenvalue weighted by Crippen LogP contribution is 2.30. The molecule has 2 aromatic carbocycles. The predicted molar refractivity (Wildman–Crippen MR) is 110 cm³/mol. The Labute approximate surface area is 165 Å². The average molecular weight is 395 g/mol. The number of nitrogens with two attached hydrogens (primary N) is 1. The molecule has 1 aromatic heterocycles. The summed E-state index contributed by atoms with van der Waals surface area (Å²) in [4.78, 5) is 19.6. The van der Waals surface area contributed by atoms with Gasteiger partial charge in [0.2, 0.25) is 0 Å². The van der Waals surface area contributed by atoms with E-state index in [1.54, 1.807) is 18.2 Å². The van der Waals surface area contributed by atoms with Crippen LogP contribution < -0.4 is 15.8 Å². The van der Waals surface area contributed by atoms with E-state index in [1.807, 2.05) is 12.1 Å². The SMILES string of the molecule is C#CCSc1nc(Nc2ccc(OCCN)cc2)c2cc([N+](=O)[O-])ccc2n1. The molecule has 3 N–H and O–H groups in total. The topological polar surface area (TPSA) is 116 Å². The van der Waals surface area contributed by atoms with Gasteiger partial charge in [0.15, 0.2) is 5.16 Å². The molecule has 0 radical (unpaired) electrons. The van der Waals surface area contributed by atoms with Crippen LogP contribution in [-0.4, -0.2) is 33.8 Å². The summed E-state index contributed by atoms with van der Waals surface area (Å²) in [7, 11) is 0. The van der Waals surface area contributed by atoms with Crippen LogP contribution in [0.25, 0.3) is 10.9 Å². The molecule has 3 rings (SSSR count). The Hall–Kier alpha value is -3.35. The predicted octanol–water partition coefficient (Wildman–Crippen LogP) is 3.34. The Morgan fingerprint density at radius 3 is 2.71 bits per heavy atom. The molecule has 0 fully saturated rings. The summed E-state index contributed by atoms with van der Waals surface area (Å²) in [5.74, 6) is 4.11. The first kappa shape index (κ1) is 19.4. The summed E-state index contributed by atoms with van der Waals surface area (Å²) in [5, 5.41) is 15.4. The summed E-state index contributed by atoms with van der Waals surface area (Å²) >= 11 is 1.32. The van der Waals surface area contributed by atoms with Crippen LogP contribution in [0.4, 0.5) is 17.2 Å². The normalized spacial score (nSPS) is 10.4. The molecule has 0 aliphatic carbocycles. The van der Waals surface area contributed by atoms with Crippen LogP contribution in [0.1, 0.15) is 0 Å². The van der Waals surface area contributed by atoms with Crippen molar-refractivity contribution < 1.29 is 9.66 Å². The number of nitro groups is 1. The lowest BCUT2D eigenvalue weighted by atomic mass is 10.2. The second kappa shape index (κ2) is 9.03. The zero-order valence-corrected chi connectivity index (χ0v) is 15.6. The molecule has 0 aliphatic heterocycles. The standard InChI is InChI=1S/C19H17N5O3S/c1-2-11-28-19-22-17-8-5-14(24(25)26)12-16(17)18(23-19)21-13-3-6-15(7-4-13)27-10-9-20/h1,3-8,12H,9-11,20H2,(H,21,22,23). The van der Waals surface area contributed by atoms with Crippen molar-refractivity contribution in [3.05, 3.63) is 52.6 Å². The third-order valence-electron chi connectivity index (χ3n) is 3.66. The lowest BCUT2D eigenvalue weighted by molar-refractivity contribution is -0.384. The van der Waals surface area contributed by atoms with E-state index in [0.29, 0.717) is 46.5 Å². The van der Waals surface area contributed by atoms with Gasteiger partial charge in [0.05, 0.1) is 16.2 Å². The van der Waals surface area contributed by atoms with Crippen LogP contribution >= 0.6 is 11.8 Å². The number of nitrogens with one attached hydrogen (secondary N) is 1. The smallest absolute Gasteiger partial charge is 0.270 e. The highest BCUT2D eigenvalue weighted by molar-refractivity contribution is 7.99. The highest BCUT2D eigenvalue weighted by Gasteiger charge is 2.13. The third kappa shape index (κ3) is 4.68. The average Bonchev–Trinajstić information content (AvgIpc) is 2.71. The van der Waals surface area contributed by atoms with Gasteiger partial charge in [-0.15, -0.1) is 6.42 Å². The van der Waals surface area contributed by atoms with Crippen molar-refractivity contribution in [2.75, 3.05) is 24.2 Å². The maximum Gasteiger partial charge on any atom is 0.270 e. The fourth-order valence-electron chi connectivity index (χ4n) is 2.42. The number of ether oxygens (including phenoxy) is 1. The fourth-order valence-corrected chi connectivity index (χ4v) is 2.95. The summed E-state index contributed by atoms with van der Waals surface area (Å²) in [5.41, 5.74) is 6.73. The molecule has 28 heavy (non-hydrogen) atoms. The van der Waals surface area contributed by atoms with Crippen molar-refractivity contribution in [2.24, 2.45) is 5.73 Å². The van der Waals surface area contributed by atoms with E-state index in [1.165, 1.54) is 23.9 Å². The number of nitrogens with zero attached hydrogens (tertiary/aromatic N) is 3. The summed E-state index contributed by atoms with van der Waals surface area (Å²) in [6.45, 7) is 0.868. The Morgan fingerprint density at radius 2 is 2.04 bits per heavy atom. The maximum atomic E-state index is 11.1. The highest BCUT2D eigenvalue weighted by atomic mass is 32.2. The first-order chi connectivity index (χ1) is 13.6. The first-order valence-corrected chi connectivity index (χ1v) is 9.31. The van der Waals surface area contributed by atoms with Gasteiger partial charge in [0, 0.05) is 29.8 Å². The molecule has 0 saturated heterocycles. The van der Waals surface area contributed by atoms with Crippen LogP contribution in [-0.2, 0) is 0 Å². The lowest BCUT2D eigenvalue weighted by Gasteiger charge is -2.11. The van der Waals surface area contributed by atoms with E-state index in [4.69, 9.17) is 16.9 Å². The molecule has 0 atom stereocenters. The van der Waals surface area contributed by atoms with E-state index in [0.717, 1.165) is 5.69 Å². The number of rotatable bonds is 8. The number of anilines is 2.